The van der Waals surface area contributed by atoms with Gasteiger partial charge in [0.1, 0.15) is 5.75 Å². The monoisotopic (exact) mass is 376 g/mol. The minimum atomic E-state index is -4.75. The Bertz CT molecular complexity index is 672. The molecule has 1 aliphatic rings. The van der Waals surface area contributed by atoms with E-state index in [-0.39, 0.29) is 16.8 Å². The van der Waals surface area contributed by atoms with E-state index in [2.05, 4.69) is 20.3 Å². The molecule has 0 saturated carbocycles. The van der Waals surface area contributed by atoms with Gasteiger partial charge in [-0.05, 0) is 40.1 Å². The maximum Gasteiger partial charge on any atom is 0.573 e. The molecule has 24 heavy (non-hydrogen) atoms. The molecule has 0 radical (unpaired) electrons. The van der Waals surface area contributed by atoms with Crippen LogP contribution in [0.15, 0.2) is 35.0 Å². The molecule has 0 unspecified atom stereocenters. The molecule has 0 aliphatic carbocycles. The van der Waals surface area contributed by atoms with Crippen LogP contribution in [0.5, 0.6) is 5.75 Å². The van der Waals surface area contributed by atoms with Crippen LogP contribution in [0.3, 0.4) is 0 Å². The van der Waals surface area contributed by atoms with Gasteiger partial charge < -0.3 is 10.1 Å². The normalized spacial score (nSPS) is 17.7. The fourth-order valence-electron chi connectivity index (χ4n) is 2.88. The average molecular weight is 377 g/mol. The van der Waals surface area contributed by atoms with Gasteiger partial charge in [0.15, 0.2) is 0 Å². The zero-order valence-corrected chi connectivity index (χ0v) is 14.2. The molecule has 0 bridgehead atoms. The molecule has 1 fully saturated rings. The van der Waals surface area contributed by atoms with Crippen molar-refractivity contribution in [2.24, 2.45) is 0 Å². The molecular weight excluding hydrogens is 361 g/mol. The summed E-state index contributed by atoms with van der Waals surface area (Å²) in [5, 5.41) is 7.31. The van der Waals surface area contributed by atoms with Gasteiger partial charge >= 0.3 is 6.36 Å². The molecule has 1 aromatic carbocycles. The number of nitrogens with one attached hydrogen (secondary N) is 1. The summed E-state index contributed by atoms with van der Waals surface area (Å²) >= 11 is 7.62. The Morgan fingerprint density at radius 1 is 1.17 bits per heavy atom. The highest BCUT2D eigenvalue weighted by Crippen LogP contribution is 2.36. The molecule has 1 N–H and O–H groups in total. The van der Waals surface area contributed by atoms with Gasteiger partial charge in [0.05, 0.1) is 11.1 Å². The zero-order valence-electron chi connectivity index (χ0n) is 12.6. The van der Waals surface area contributed by atoms with E-state index in [9.17, 15) is 13.2 Å². The molecule has 1 atom stereocenters. The van der Waals surface area contributed by atoms with Gasteiger partial charge in [-0.1, -0.05) is 17.7 Å². The number of hydrogen-bond acceptors (Lipinski definition) is 4. The molecule has 0 amide bonds. The molecule has 2 heterocycles. The van der Waals surface area contributed by atoms with Crippen molar-refractivity contribution in [2.75, 3.05) is 26.2 Å². The van der Waals surface area contributed by atoms with Crippen LogP contribution in [0.1, 0.15) is 17.2 Å². The first-order valence-corrected chi connectivity index (χ1v) is 8.78. The number of thiophene rings is 1. The van der Waals surface area contributed by atoms with Crippen molar-refractivity contribution in [3.63, 3.8) is 0 Å². The minimum absolute atomic E-state index is 0.0317. The lowest BCUT2D eigenvalue weighted by Crippen LogP contribution is -2.45. The third-order valence-electron chi connectivity index (χ3n) is 3.87. The second-order valence-corrected chi connectivity index (χ2v) is 6.67. The summed E-state index contributed by atoms with van der Waals surface area (Å²) in [5.41, 5.74) is 1.97. The highest BCUT2D eigenvalue weighted by atomic mass is 35.5. The van der Waals surface area contributed by atoms with Crippen molar-refractivity contribution in [3.8, 4) is 5.75 Å². The van der Waals surface area contributed by atoms with E-state index in [0.29, 0.717) is 0 Å². The Morgan fingerprint density at radius 3 is 2.50 bits per heavy atom. The lowest BCUT2D eigenvalue weighted by atomic mass is 9.98. The van der Waals surface area contributed by atoms with Crippen LogP contribution in [0.4, 0.5) is 13.2 Å². The highest BCUT2D eigenvalue weighted by molar-refractivity contribution is 7.08. The average Bonchev–Trinajstić information content (AvgIpc) is 3.04. The van der Waals surface area contributed by atoms with Gasteiger partial charge in [-0.2, -0.15) is 11.3 Å². The molecule has 3 nitrogen and oxygen atoms in total. The summed E-state index contributed by atoms with van der Waals surface area (Å²) < 4.78 is 41.1. The van der Waals surface area contributed by atoms with Gasteiger partial charge in [0.25, 0.3) is 0 Å². The molecule has 130 valence electrons. The fourth-order valence-corrected chi connectivity index (χ4v) is 3.79. The van der Waals surface area contributed by atoms with Crippen molar-refractivity contribution < 1.29 is 17.9 Å². The zero-order chi connectivity index (χ0) is 17.2. The standard InChI is InChI=1S/C16H16ClF3N2OS/c17-13-9-11(1-2-14(13)23-16(18,19)20)15(12-3-8-24-10-12)22-6-4-21-5-7-22/h1-3,8-10,15,21H,4-7H2/t15-/m0/s1. The molecule has 8 heteroatoms. The highest BCUT2D eigenvalue weighted by Gasteiger charge is 2.32. The number of piperazine rings is 1. The predicted octanol–water partition coefficient (Wildman–Crippen LogP) is 4.29. The number of benzene rings is 1. The van der Waals surface area contributed by atoms with Crippen LogP contribution < -0.4 is 10.1 Å². The topological polar surface area (TPSA) is 24.5 Å². The van der Waals surface area contributed by atoms with E-state index in [4.69, 9.17) is 11.6 Å². The first kappa shape index (κ1) is 17.5. The van der Waals surface area contributed by atoms with E-state index in [1.54, 1.807) is 23.5 Å². The number of rotatable bonds is 4. The van der Waals surface area contributed by atoms with Gasteiger partial charge in [-0.25, -0.2) is 0 Å². The van der Waals surface area contributed by atoms with Crippen LogP contribution in [0.2, 0.25) is 5.02 Å². The first-order chi connectivity index (χ1) is 11.4. The number of halogens is 4. The maximum atomic E-state index is 12.4. The third-order valence-corrected chi connectivity index (χ3v) is 4.87. The number of hydrogen-bond donors (Lipinski definition) is 1. The van der Waals surface area contributed by atoms with Crippen LogP contribution in [0.25, 0.3) is 0 Å². The Hall–Kier alpha value is -1.28. The summed E-state index contributed by atoms with van der Waals surface area (Å²) in [5.74, 6) is -0.378. The third kappa shape index (κ3) is 4.22. The van der Waals surface area contributed by atoms with Crippen molar-refractivity contribution in [1.82, 2.24) is 10.2 Å². The molecule has 2 aromatic rings. The second-order valence-electron chi connectivity index (χ2n) is 5.48. The lowest BCUT2D eigenvalue weighted by Gasteiger charge is -2.35. The minimum Gasteiger partial charge on any atom is -0.404 e. The molecule has 1 aliphatic heterocycles. The SMILES string of the molecule is FC(F)(F)Oc1ccc([C@@H](c2ccsc2)N2CCNCC2)cc1Cl. The summed E-state index contributed by atoms with van der Waals surface area (Å²) in [7, 11) is 0. The summed E-state index contributed by atoms with van der Waals surface area (Å²) in [6, 6.07) is 6.50. The van der Waals surface area contributed by atoms with E-state index >= 15 is 0 Å². The molecule has 1 saturated heterocycles. The van der Waals surface area contributed by atoms with Gasteiger partial charge in [0.2, 0.25) is 0 Å². The summed E-state index contributed by atoms with van der Waals surface area (Å²) in [6.45, 7) is 3.48. The number of alkyl halides is 3. The van der Waals surface area contributed by atoms with Gasteiger partial charge in [-0.15, -0.1) is 13.2 Å². The molecule has 3 rings (SSSR count). The van der Waals surface area contributed by atoms with Crippen molar-refractivity contribution in [1.29, 1.82) is 0 Å². The number of ether oxygens (including phenoxy) is 1. The van der Waals surface area contributed by atoms with Crippen LogP contribution >= 0.6 is 22.9 Å². The van der Waals surface area contributed by atoms with E-state index in [1.165, 1.54) is 6.07 Å². The Kier molecular flexibility index (Phi) is 5.34. The Morgan fingerprint density at radius 2 is 1.92 bits per heavy atom. The Labute approximate surface area is 147 Å². The molecule has 0 spiro atoms. The first-order valence-electron chi connectivity index (χ1n) is 7.46. The van der Waals surface area contributed by atoms with Crippen LogP contribution in [-0.2, 0) is 0 Å². The van der Waals surface area contributed by atoms with Crippen molar-refractivity contribution in [3.05, 3.63) is 51.2 Å². The van der Waals surface area contributed by atoms with Crippen molar-refractivity contribution in [2.45, 2.75) is 12.4 Å². The van der Waals surface area contributed by atoms with Crippen molar-refractivity contribution >= 4 is 22.9 Å². The van der Waals surface area contributed by atoms with Gasteiger partial charge in [0, 0.05) is 26.2 Å². The summed E-state index contributed by atoms with van der Waals surface area (Å²) in [6.07, 6.45) is -4.75. The van der Waals surface area contributed by atoms with E-state index in [0.717, 1.165) is 37.3 Å². The largest absolute Gasteiger partial charge is 0.573 e. The number of nitrogens with zero attached hydrogens (tertiary/aromatic N) is 1. The lowest BCUT2D eigenvalue weighted by molar-refractivity contribution is -0.274. The smallest absolute Gasteiger partial charge is 0.404 e. The second kappa shape index (κ2) is 7.31. The van der Waals surface area contributed by atoms with Gasteiger partial charge in [-0.3, -0.25) is 4.90 Å². The van der Waals surface area contributed by atoms with E-state index < -0.39 is 6.36 Å². The van der Waals surface area contributed by atoms with E-state index in [1.807, 2.05) is 11.4 Å². The van der Waals surface area contributed by atoms with Crippen LogP contribution in [0, 0.1) is 0 Å². The molecular formula is C16H16ClF3N2OS. The Balaban J connectivity index is 1.91. The maximum absolute atomic E-state index is 12.4. The summed E-state index contributed by atoms with van der Waals surface area (Å²) in [4.78, 5) is 2.30. The predicted molar refractivity (Wildman–Crippen MR) is 88.7 cm³/mol. The quantitative estimate of drug-likeness (QED) is 0.861. The molecule has 1 aromatic heterocycles. The fraction of sp³-hybridized carbons (Fsp3) is 0.375. The van der Waals surface area contributed by atoms with Crippen LogP contribution in [-0.4, -0.2) is 37.4 Å².